The first-order valence-electron chi connectivity index (χ1n) is 4.57. The van der Waals surface area contributed by atoms with Gasteiger partial charge in [-0.2, -0.15) is 13.2 Å². The zero-order chi connectivity index (χ0) is 13.3. The Hall–Kier alpha value is -1.83. The summed E-state index contributed by atoms with van der Waals surface area (Å²) in [5, 5.41) is -1.10. The van der Waals surface area contributed by atoms with Crippen LogP contribution >= 0.6 is 11.3 Å². The molecule has 0 spiro atoms. The van der Waals surface area contributed by atoms with Gasteiger partial charge in [-0.3, -0.25) is 4.79 Å². The molecule has 0 fully saturated rings. The van der Waals surface area contributed by atoms with Gasteiger partial charge in [0.05, 0.1) is 11.1 Å². The van der Waals surface area contributed by atoms with Gasteiger partial charge in [0.15, 0.2) is 5.01 Å². The van der Waals surface area contributed by atoms with Crippen LogP contribution in [0.4, 0.5) is 17.6 Å². The van der Waals surface area contributed by atoms with Crippen LogP contribution in [0.1, 0.15) is 20.4 Å². The molecular weight excluding hydrogens is 272 g/mol. The second kappa shape index (κ2) is 4.45. The molecule has 2 aromatic heterocycles. The molecule has 0 bridgehead atoms. The van der Waals surface area contributed by atoms with E-state index in [1.54, 1.807) is 0 Å². The lowest BCUT2D eigenvalue weighted by atomic mass is 10.2. The molecule has 0 aliphatic carbocycles. The van der Waals surface area contributed by atoms with Gasteiger partial charge in [-0.05, 0) is 12.1 Å². The minimum atomic E-state index is -4.58. The molecule has 18 heavy (non-hydrogen) atoms. The first-order valence-corrected chi connectivity index (χ1v) is 5.39. The highest BCUT2D eigenvalue weighted by Gasteiger charge is 2.35. The topological polar surface area (TPSA) is 42.9 Å². The Bertz CT molecular complexity index is 576. The van der Waals surface area contributed by atoms with Gasteiger partial charge in [0.25, 0.3) is 0 Å². The molecule has 94 valence electrons. The van der Waals surface area contributed by atoms with Gasteiger partial charge in [-0.15, -0.1) is 11.3 Å². The lowest BCUT2D eigenvalue weighted by Gasteiger charge is -1.99. The Labute approximate surface area is 102 Å². The molecule has 8 heteroatoms. The zero-order valence-corrected chi connectivity index (χ0v) is 9.35. The Morgan fingerprint density at radius 3 is 2.39 bits per heavy atom. The molecule has 0 aromatic carbocycles. The van der Waals surface area contributed by atoms with E-state index in [0.717, 1.165) is 24.5 Å². The van der Waals surface area contributed by atoms with Crippen LogP contribution in [0.25, 0.3) is 0 Å². The van der Waals surface area contributed by atoms with Gasteiger partial charge >= 0.3 is 6.18 Å². The Morgan fingerprint density at radius 1 is 1.17 bits per heavy atom. The van der Waals surface area contributed by atoms with Crippen LogP contribution in [-0.4, -0.2) is 15.8 Å². The number of nitrogens with zero attached hydrogens (tertiary/aromatic N) is 2. The predicted molar refractivity (Wildman–Crippen MR) is 54.7 cm³/mol. The number of carbonyl (C=O) groups is 1. The molecule has 0 saturated heterocycles. The first-order chi connectivity index (χ1) is 8.38. The van der Waals surface area contributed by atoms with Crippen LogP contribution in [-0.2, 0) is 6.18 Å². The van der Waals surface area contributed by atoms with Crippen molar-refractivity contribution in [1.29, 1.82) is 0 Å². The first kappa shape index (κ1) is 12.6. The van der Waals surface area contributed by atoms with Gasteiger partial charge in [-0.1, -0.05) is 0 Å². The van der Waals surface area contributed by atoms with E-state index in [9.17, 15) is 22.4 Å². The van der Waals surface area contributed by atoms with Crippen molar-refractivity contribution in [3.05, 3.63) is 45.9 Å². The average molecular weight is 276 g/mol. The van der Waals surface area contributed by atoms with Crippen LogP contribution < -0.4 is 0 Å². The van der Waals surface area contributed by atoms with E-state index in [4.69, 9.17) is 0 Å². The monoisotopic (exact) mass is 276 g/mol. The molecule has 2 heterocycles. The third-order valence-electron chi connectivity index (χ3n) is 1.93. The molecule has 0 atom stereocenters. The number of rotatable bonds is 2. The number of hydrogen-bond donors (Lipinski definition) is 0. The average Bonchev–Trinajstić information content (AvgIpc) is 2.78. The van der Waals surface area contributed by atoms with Gasteiger partial charge in [0, 0.05) is 6.20 Å². The number of thiazole rings is 1. The van der Waals surface area contributed by atoms with Crippen LogP contribution in [0.3, 0.4) is 0 Å². The van der Waals surface area contributed by atoms with E-state index in [2.05, 4.69) is 9.97 Å². The van der Waals surface area contributed by atoms with Gasteiger partial charge < -0.3 is 0 Å². The van der Waals surface area contributed by atoms with Gasteiger partial charge in [0.1, 0.15) is 11.5 Å². The van der Waals surface area contributed by atoms with E-state index in [0.29, 0.717) is 0 Å². The van der Waals surface area contributed by atoms with E-state index in [1.807, 2.05) is 0 Å². The summed E-state index contributed by atoms with van der Waals surface area (Å²) < 4.78 is 49.5. The van der Waals surface area contributed by atoms with Crippen LogP contribution in [0.2, 0.25) is 0 Å². The fourth-order valence-electron chi connectivity index (χ4n) is 1.15. The largest absolute Gasteiger partial charge is 0.443 e. The van der Waals surface area contributed by atoms with Crippen molar-refractivity contribution >= 4 is 17.1 Å². The number of alkyl halides is 3. The highest BCUT2D eigenvalue weighted by Crippen LogP contribution is 2.32. The second-order valence-electron chi connectivity index (χ2n) is 3.22. The SMILES string of the molecule is O=C(c1ccc(F)cn1)c1cnc(C(F)(F)F)s1. The summed E-state index contributed by atoms with van der Waals surface area (Å²) >= 11 is 0.228. The van der Waals surface area contributed by atoms with Crippen molar-refractivity contribution < 1.29 is 22.4 Å². The minimum absolute atomic E-state index is 0.131. The standard InChI is InChI=1S/C10H4F4N2OS/c11-5-1-2-6(15-3-5)8(17)7-4-16-9(18-7)10(12,13)14/h1-4H. The van der Waals surface area contributed by atoms with Crippen LogP contribution in [0.15, 0.2) is 24.5 Å². The normalized spacial score (nSPS) is 11.6. The third kappa shape index (κ3) is 2.53. The summed E-state index contributed by atoms with van der Waals surface area (Å²) in [6, 6.07) is 2.11. The summed E-state index contributed by atoms with van der Waals surface area (Å²) in [6.07, 6.45) is -2.93. The molecule has 0 amide bonds. The number of halogens is 4. The highest BCUT2D eigenvalue weighted by molar-refractivity contribution is 7.13. The maximum Gasteiger partial charge on any atom is 0.443 e. The molecule has 0 aliphatic rings. The van der Waals surface area contributed by atoms with E-state index >= 15 is 0 Å². The molecule has 0 aliphatic heterocycles. The fraction of sp³-hybridized carbons (Fsp3) is 0.100. The van der Waals surface area contributed by atoms with Crippen molar-refractivity contribution in [3.63, 3.8) is 0 Å². The predicted octanol–water partition coefficient (Wildman–Crippen LogP) is 2.93. The lowest BCUT2D eigenvalue weighted by Crippen LogP contribution is -2.03. The fourth-order valence-corrected chi connectivity index (χ4v) is 1.88. The summed E-state index contributed by atoms with van der Waals surface area (Å²) in [6.45, 7) is 0. The number of aromatic nitrogens is 2. The molecule has 2 rings (SSSR count). The number of carbonyl (C=O) groups excluding carboxylic acids is 1. The number of ketones is 1. The summed E-state index contributed by atoms with van der Waals surface area (Å²) in [5.41, 5.74) is -0.131. The van der Waals surface area contributed by atoms with Gasteiger partial charge in [0.2, 0.25) is 5.78 Å². The molecule has 0 saturated carbocycles. The van der Waals surface area contributed by atoms with E-state index < -0.39 is 22.8 Å². The van der Waals surface area contributed by atoms with Crippen molar-refractivity contribution in [3.8, 4) is 0 Å². The number of pyridine rings is 1. The molecule has 0 radical (unpaired) electrons. The third-order valence-corrected chi connectivity index (χ3v) is 2.97. The summed E-state index contributed by atoms with van der Waals surface area (Å²) in [7, 11) is 0. The molecule has 0 N–H and O–H groups in total. The minimum Gasteiger partial charge on any atom is -0.286 e. The Balaban J connectivity index is 2.29. The van der Waals surface area contributed by atoms with Crippen LogP contribution in [0.5, 0.6) is 0 Å². The summed E-state index contributed by atoms with van der Waals surface area (Å²) in [4.78, 5) is 18.1. The lowest BCUT2D eigenvalue weighted by molar-refractivity contribution is -0.137. The van der Waals surface area contributed by atoms with Crippen molar-refractivity contribution in [2.75, 3.05) is 0 Å². The molecule has 0 unspecified atom stereocenters. The molecule has 3 nitrogen and oxygen atoms in total. The van der Waals surface area contributed by atoms with Gasteiger partial charge in [-0.25, -0.2) is 14.4 Å². The maximum atomic E-state index is 12.6. The molecule has 2 aromatic rings. The Morgan fingerprint density at radius 2 is 1.89 bits per heavy atom. The van der Waals surface area contributed by atoms with E-state index in [1.165, 1.54) is 0 Å². The van der Waals surface area contributed by atoms with Crippen molar-refractivity contribution in [2.45, 2.75) is 6.18 Å². The molecular formula is C10H4F4N2OS. The van der Waals surface area contributed by atoms with E-state index in [-0.39, 0.29) is 21.9 Å². The zero-order valence-electron chi connectivity index (χ0n) is 8.53. The summed E-state index contributed by atoms with van der Waals surface area (Å²) in [5.74, 6) is -1.35. The highest BCUT2D eigenvalue weighted by atomic mass is 32.1. The smallest absolute Gasteiger partial charge is 0.286 e. The maximum absolute atomic E-state index is 12.6. The number of hydrogen-bond acceptors (Lipinski definition) is 4. The second-order valence-corrected chi connectivity index (χ2v) is 4.25. The quantitative estimate of drug-likeness (QED) is 0.625. The Kier molecular flexibility index (Phi) is 3.12. The van der Waals surface area contributed by atoms with Crippen molar-refractivity contribution in [2.24, 2.45) is 0 Å². The van der Waals surface area contributed by atoms with Crippen molar-refractivity contribution in [1.82, 2.24) is 9.97 Å². The van der Waals surface area contributed by atoms with Crippen LogP contribution in [0, 0.1) is 5.82 Å².